The first kappa shape index (κ1) is 34.2. The number of carboxylic acid groups (broad SMARTS) is 1. The van der Waals surface area contributed by atoms with E-state index >= 15 is 0 Å². The molecule has 5 rings (SSSR count). The molecular weight excluding hydrogens is 614 g/mol. The van der Waals surface area contributed by atoms with Gasteiger partial charge < -0.3 is 29.7 Å². The van der Waals surface area contributed by atoms with Crippen LogP contribution in [0.3, 0.4) is 0 Å². The Kier molecular flexibility index (Phi) is 12.1. The van der Waals surface area contributed by atoms with Gasteiger partial charge in [0.1, 0.15) is 5.75 Å². The summed E-state index contributed by atoms with van der Waals surface area (Å²) >= 11 is 1.70. The highest BCUT2D eigenvalue weighted by Crippen LogP contribution is 2.44. The lowest BCUT2D eigenvalue weighted by Crippen LogP contribution is -2.38. The van der Waals surface area contributed by atoms with Crippen LogP contribution in [0.25, 0.3) is 11.1 Å². The highest BCUT2D eigenvalue weighted by atomic mass is 32.2. The van der Waals surface area contributed by atoms with Crippen molar-refractivity contribution < 1.29 is 34.0 Å². The standard InChI is InChI=1S/C38H41NO7S/c1-25-33(24-47-34-11-6-5-10-32(34)44-2)45-38(46-37(25)28-16-14-26(23-40)15-17-28)29-20-18-27(19-21-29)31-9-4-3-8-30(31)22-39-35(41)12-7-13-36(42)43/h3-6,8-11,14-21,25,33,37-38,40H,7,12-13,22-24H2,1-2H3,(H,39,41)(H,42,43)/t25-,33+,37+,38+/m1/s1. The van der Waals surface area contributed by atoms with Crippen LogP contribution in [0.1, 0.15) is 60.8 Å². The van der Waals surface area contributed by atoms with Crippen LogP contribution in [0.5, 0.6) is 5.75 Å². The monoisotopic (exact) mass is 655 g/mol. The summed E-state index contributed by atoms with van der Waals surface area (Å²) in [6, 6.07) is 31.9. The van der Waals surface area contributed by atoms with E-state index in [1.807, 2.05) is 91.0 Å². The number of amides is 1. The molecular formula is C38H41NO7S. The van der Waals surface area contributed by atoms with Crippen molar-refractivity contribution in [1.29, 1.82) is 0 Å². The van der Waals surface area contributed by atoms with Gasteiger partial charge in [0.2, 0.25) is 5.91 Å². The summed E-state index contributed by atoms with van der Waals surface area (Å²) in [6.45, 7) is 2.48. The third-order valence-corrected chi connectivity index (χ3v) is 9.52. The Morgan fingerprint density at radius 2 is 1.57 bits per heavy atom. The number of hydrogen-bond donors (Lipinski definition) is 3. The smallest absolute Gasteiger partial charge is 0.303 e. The van der Waals surface area contributed by atoms with Crippen molar-refractivity contribution in [2.24, 2.45) is 5.92 Å². The van der Waals surface area contributed by atoms with E-state index in [1.54, 1.807) is 18.9 Å². The highest BCUT2D eigenvalue weighted by Gasteiger charge is 2.38. The molecule has 47 heavy (non-hydrogen) atoms. The van der Waals surface area contributed by atoms with Gasteiger partial charge in [0.15, 0.2) is 6.29 Å². The van der Waals surface area contributed by atoms with E-state index in [4.69, 9.17) is 19.3 Å². The molecule has 4 aromatic carbocycles. The Balaban J connectivity index is 1.33. The number of rotatable bonds is 14. The lowest BCUT2D eigenvalue weighted by Gasteiger charge is -2.41. The molecule has 1 saturated heterocycles. The second-order valence-electron chi connectivity index (χ2n) is 11.6. The van der Waals surface area contributed by atoms with Crippen molar-refractivity contribution in [3.8, 4) is 16.9 Å². The second-order valence-corrected chi connectivity index (χ2v) is 12.6. The van der Waals surface area contributed by atoms with Gasteiger partial charge in [0.05, 0.1) is 25.9 Å². The van der Waals surface area contributed by atoms with E-state index in [0.29, 0.717) is 18.7 Å². The molecule has 1 aliphatic rings. The number of para-hydroxylation sites is 1. The van der Waals surface area contributed by atoms with Crippen molar-refractivity contribution in [3.05, 3.63) is 119 Å². The predicted octanol–water partition coefficient (Wildman–Crippen LogP) is 7.31. The van der Waals surface area contributed by atoms with Crippen molar-refractivity contribution >= 4 is 23.6 Å². The van der Waals surface area contributed by atoms with Crippen molar-refractivity contribution in [1.82, 2.24) is 5.32 Å². The summed E-state index contributed by atoms with van der Waals surface area (Å²) in [7, 11) is 1.68. The summed E-state index contributed by atoms with van der Waals surface area (Å²) in [5, 5.41) is 21.3. The molecule has 246 valence electrons. The number of methoxy groups -OCH3 is 1. The number of thioether (sulfide) groups is 1. The fraction of sp³-hybridized carbons (Fsp3) is 0.316. The second kappa shape index (κ2) is 16.6. The number of aliphatic carboxylic acids is 1. The number of hydrogen-bond acceptors (Lipinski definition) is 7. The molecule has 0 radical (unpaired) electrons. The maximum absolute atomic E-state index is 12.3. The fourth-order valence-electron chi connectivity index (χ4n) is 5.68. The van der Waals surface area contributed by atoms with Gasteiger partial charge in [0, 0.05) is 41.5 Å². The quantitative estimate of drug-likeness (QED) is 0.121. The summed E-state index contributed by atoms with van der Waals surface area (Å²) in [5.41, 5.74) is 5.73. The first-order chi connectivity index (χ1) is 22.9. The number of carbonyl (C=O) groups is 2. The average molecular weight is 656 g/mol. The molecule has 8 nitrogen and oxygen atoms in total. The van der Waals surface area contributed by atoms with Gasteiger partial charge in [-0.1, -0.05) is 91.9 Å². The van der Waals surface area contributed by atoms with Gasteiger partial charge in [-0.05, 0) is 46.4 Å². The Labute approximate surface area is 280 Å². The molecule has 4 atom stereocenters. The first-order valence-electron chi connectivity index (χ1n) is 15.8. The summed E-state index contributed by atoms with van der Waals surface area (Å²) in [4.78, 5) is 24.1. The normalized spacial score (nSPS) is 19.2. The first-order valence-corrected chi connectivity index (χ1v) is 16.8. The molecule has 0 aromatic heterocycles. The van der Waals surface area contributed by atoms with E-state index < -0.39 is 12.3 Å². The molecule has 1 fully saturated rings. The van der Waals surface area contributed by atoms with Crippen molar-refractivity contribution in [2.45, 2.75) is 62.7 Å². The lowest BCUT2D eigenvalue weighted by molar-refractivity contribution is -0.268. The van der Waals surface area contributed by atoms with E-state index in [2.05, 4.69) is 18.3 Å². The minimum atomic E-state index is -0.903. The predicted molar refractivity (Wildman–Crippen MR) is 182 cm³/mol. The summed E-state index contributed by atoms with van der Waals surface area (Å²) in [6.07, 6.45) is -0.472. The van der Waals surface area contributed by atoms with Gasteiger partial charge in [0.25, 0.3) is 0 Å². The van der Waals surface area contributed by atoms with Crippen LogP contribution >= 0.6 is 11.8 Å². The maximum Gasteiger partial charge on any atom is 0.303 e. The van der Waals surface area contributed by atoms with Crippen LogP contribution in [-0.2, 0) is 32.2 Å². The number of aliphatic hydroxyl groups excluding tert-OH is 1. The Morgan fingerprint density at radius 3 is 2.30 bits per heavy atom. The zero-order valence-corrected chi connectivity index (χ0v) is 27.5. The fourth-order valence-corrected chi connectivity index (χ4v) is 6.87. The van der Waals surface area contributed by atoms with Gasteiger partial charge >= 0.3 is 5.97 Å². The Morgan fingerprint density at radius 1 is 0.872 bits per heavy atom. The van der Waals surface area contributed by atoms with Crippen molar-refractivity contribution in [2.75, 3.05) is 12.9 Å². The number of carboxylic acids is 1. The Bertz CT molecular complexity index is 1630. The minimum absolute atomic E-state index is 0.0140. The number of carbonyl (C=O) groups excluding carboxylic acids is 1. The molecule has 0 aliphatic carbocycles. The number of ether oxygens (including phenoxy) is 3. The van der Waals surface area contributed by atoms with Gasteiger partial charge in [-0.2, -0.15) is 0 Å². The van der Waals surface area contributed by atoms with Gasteiger partial charge in [-0.15, -0.1) is 11.8 Å². The number of nitrogens with one attached hydrogen (secondary N) is 1. The molecule has 1 amide bonds. The molecule has 0 bridgehead atoms. The Hall–Kier alpha value is -4.15. The van der Waals surface area contributed by atoms with E-state index in [0.717, 1.165) is 44.0 Å². The van der Waals surface area contributed by atoms with Gasteiger partial charge in [-0.25, -0.2) is 0 Å². The van der Waals surface area contributed by atoms with E-state index in [1.165, 1.54) is 0 Å². The third-order valence-electron chi connectivity index (χ3n) is 8.38. The van der Waals surface area contributed by atoms with Crippen LogP contribution < -0.4 is 10.1 Å². The maximum atomic E-state index is 12.3. The number of benzene rings is 4. The minimum Gasteiger partial charge on any atom is -0.496 e. The molecule has 1 aliphatic heterocycles. The van der Waals surface area contributed by atoms with E-state index in [-0.39, 0.29) is 43.5 Å². The average Bonchev–Trinajstić information content (AvgIpc) is 3.10. The molecule has 0 unspecified atom stereocenters. The zero-order valence-electron chi connectivity index (χ0n) is 26.6. The SMILES string of the molecule is COc1ccccc1SC[C@@H]1O[C@H](c2ccc(-c3ccccc3CNC(=O)CCCC(=O)O)cc2)O[C@H](c2ccc(CO)cc2)[C@@H]1C. The zero-order chi connectivity index (χ0) is 33.2. The number of aliphatic hydroxyl groups is 1. The molecule has 9 heteroatoms. The highest BCUT2D eigenvalue weighted by molar-refractivity contribution is 7.99. The molecule has 0 saturated carbocycles. The largest absolute Gasteiger partial charge is 0.496 e. The van der Waals surface area contributed by atoms with Gasteiger partial charge in [-0.3, -0.25) is 9.59 Å². The lowest BCUT2D eigenvalue weighted by atomic mass is 9.91. The topological polar surface area (TPSA) is 114 Å². The van der Waals surface area contributed by atoms with E-state index in [9.17, 15) is 14.7 Å². The third kappa shape index (κ3) is 9.02. The van der Waals surface area contributed by atoms with Crippen LogP contribution in [0.4, 0.5) is 0 Å². The molecule has 3 N–H and O–H groups in total. The van der Waals surface area contributed by atoms with Crippen molar-refractivity contribution in [3.63, 3.8) is 0 Å². The van der Waals surface area contributed by atoms with Crippen LogP contribution in [0.2, 0.25) is 0 Å². The van der Waals surface area contributed by atoms with Crippen LogP contribution in [-0.4, -0.2) is 41.1 Å². The van der Waals surface area contributed by atoms with Crippen LogP contribution in [0.15, 0.2) is 102 Å². The summed E-state index contributed by atoms with van der Waals surface area (Å²) < 4.78 is 18.9. The molecule has 0 spiro atoms. The summed E-state index contributed by atoms with van der Waals surface area (Å²) in [5.74, 6) is 0.522. The van der Waals surface area contributed by atoms with Crippen LogP contribution in [0, 0.1) is 5.92 Å². The molecule has 1 heterocycles. The molecule has 4 aromatic rings.